The Balaban J connectivity index is 1.36. The van der Waals surface area contributed by atoms with Gasteiger partial charge >= 0.3 is 0 Å². The van der Waals surface area contributed by atoms with Gasteiger partial charge in [0.2, 0.25) is 11.9 Å². The topological polar surface area (TPSA) is 61.7 Å². The highest BCUT2D eigenvalue weighted by Crippen LogP contribution is 2.38. The number of fused-ring (bicyclic) bond motifs is 9. The van der Waals surface area contributed by atoms with Crippen molar-refractivity contribution in [1.82, 2.24) is 24.1 Å². The number of aromatic nitrogens is 5. The van der Waals surface area contributed by atoms with Crippen molar-refractivity contribution in [3.8, 4) is 23.3 Å². The van der Waals surface area contributed by atoms with Gasteiger partial charge in [0, 0.05) is 37.9 Å². The number of hydrogen-bond acceptors (Lipinski definition) is 4. The van der Waals surface area contributed by atoms with Gasteiger partial charge in [-0.2, -0.15) is 15.0 Å². The van der Waals surface area contributed by atoms with E-state index in [1.165, 1.54) is 0 Å². The maximum absolute atomic E-state index is 6.27. The van der Waals surface area contributed by atoms with Gasteiger partial charge in [-0.25, -0.2) is 0 Å². The van der Waals surface area contributed by atoms with Crippen molar-refractivity contribution >= 4 is 65.6 Å². The lowest BCUT2D eigenvalue weighted by molar-refractivity contribution is 0.669. The van der Waals surface area contributed by atoms with Crippen LogP contribution in [0.25, 0.3) is 88.8 Å². The molecule has 4 heterocycles. The lowest BCUT2D eigenvalue weighted by Gasteiger charge is -2.13. The summed E-state index contributed by atoms with van der Waals surface area (Å²) in [6, 6.07) is 47.9. The van der Waals surface area contributed by atoms with Crippen LogP contribution < -0.4 is 0 Å². The van der Waals surface area contributed by atoms with Crippen molar-refractivity contribution in [1.29, 1.82) is 0 Å². The highest BCUT2D eigenvalue weighted by atomic mass is 16.3. The Bertz CT molecular complexity index is 2550. The maximum atomic E-state index is 6.27. The fourth-order valence-electron chi connectivity index (χ4n) is 6.91. The lowest BCUT2D eigenvalue weighted by Crippen LogP contribution is -2.10. The van der Waals surface area contributed by atoms with Crippen molar-refractivity contribution in [3.05, 3.63) is 140 Å². The van der Waals surface area contributed by atoms with Crippen LogP contribution in [-0.2, 0) is 0 Å². The van der Waals surface area contributed by atoms with E-state index in [0.717, 1.165) is 71.1 Å². The number of hydrogen-bond donors (Lipinski definition) is 0. The van der Waals surface area contributed by atoms with Gasteiger partial charge in [-0.3, -0.25) is 9.13 Å². The van der Waals surface area contributed by atoms with Crippen LogP contribution in [0, 0.1) is 0 Å². The van der Waals surface area contributed by atoms with Gasteiger partial charge in [0.05, 0.1) is 22.1 Å². The molecule has 0 fully saturated rings. The van der Waals surface area contributed by atoms with Gasteiger partial charge in [0.1, 0.15) is 11.2 Å². The third-order valence-electron chi connectivity index (χ3n) is 8.82. The van der Waals surface area contributed by atoms with Gasteiger partial charge in [0.25, 0.3) is 0 Å². The van der Waals surface area contributed by atoms with E-state index < -0.39 is 0 Å². The van der Waals surface area contributed by atoms with E-state index in [9.17, 15) is 0 Å². The van der Waals surface area contributed by atoms with Crippen LogP contribution in [0.4, 0.5) is 0 Å². The molecule has 0 amide bonds. The van der Waals surface area contributed by atoms with Crippen molar-refractivity contribution in [2.24, 2.45) is 0 Å². The van der Waals surface area contributed by atoms with E-state index in [0.29, 0.717) is 17.7 Å². The minimum atomic E-state index is 0.555. The van der Waals surface area contributed by atoms with Gasteiger partial charge in [0.15, 0.2) is 5.82 Å². The molecule has 6 nitrogen and oxygen atoms in total. The van der Waals surface area contributed by atoms with Gasteiger partial charge in [-0.05, 0) is 36.4 Å². The van der Waals surface area contributed by atoms with Gasteiger partial charge in [-0.15, -0.1) is 0 Å². The predicted molar refractivity (Wildman–Crippen MR) is 181 cm³/mol. The largest absolute Gasteiger partial charge is 0.456 e. The molecule has 0 aliphatic rings. The zero-order valence-electron chi connectivity index (χ0n) is 23.9. The summed E-state index contributed by atoms with van der Waals surface area (Å²) in [4.78, 5) is 15.7. The van der Waals surface area contributed by atoms with E-state index in [-0.39, 0.29) is 0 Å². The first-order valence-electron chi connectivity index (χ1n) is 15.0. The molecule has 6 aromatic carbocycles. The van der Waals surface area contributed by atoms with E-state index in [4.69, 9.17) is 19.4 Å². The molecule has 6 heteroatoms. The summed E-state index contributed by atoms with van der Waals surface area (Å²) in [5.41, 5.74) is 6.67. The summed E-state index contributed by atoms with van der Waals surface area (Å²) in [5.74, 6) is 1.69. The molecule has 0 spiro atoms. The minimum Gasteiger partial charge on any atom is -0.456 e. The van der Waals surface area contributed by atoms with E-state index in [1.807, 2.05) is 30.3 Å². The average Bonchev–Trinajstić information content (AvgIpc) is 3.76. The summed E-state index contributed by atoms with van der Waals surface area (Å²) in [6.45, 7) is 0. The van der Waals surface area contributed by atoms with Gasteiger partial charge in [-0.1, -0.05) is 103 Å². The smallest absolute Gasteiger partial charge is 0.240 e. The van der Waals surface area contributed by atoms with Crippen LogP contribution in [0.2, 0.25) is 0 Å². The first kappa shape index (κ1) is 24.2. The predicted octanol–water partition coefficient (Wildman–Crippen LogP) is 9.63. The fourth-order valence-corrected chi connectivity index (χ4v) is 6.91. The first-order valence-corrected chi connectivity index (χ1v) is 15.0. The molecular weight excluding hydrogens is 554 g/mol. The second-order valence-corrected chi connectivity index (χ2v) is 11.3. The third-order valence-corrected chi connectivity index (χ3v) is 8.82. The minimum absolute atomic E-state index is 0.555. The SMILES string of the molecule is c1ccc2c(c1)oc1cccc(-c3nc(-n4c5ccccc5c5ccccc54)nc(-n4c5ccccc5c5ccccc54)n3)c12. The molecule has 0 bridgehead atoms. The van der Waals surface area contributed by atoms with Crippen LogP contribution in [0.3, 0.4) is 0 Å². The van der Waals surface area contributed by atoms with Crippen LogP contribution in [0.1, 0.15) is 0 Å². The molecular formula is C39H23N5O. The Morgan fingerprint density at radius 2 is 0.800 bits per heavy atom. The lowest BCUT2D eigenvalue weighted by atomic mass is 10.1. The van der Waals surface area contributed by atoms with Crippen molar-refractivity contribution in [2.45, 2.75) is 0 Å². The molecule has 0 aliphatic heterocycles. The van der Waals surface area contributed by atoms with Crippen molar-refractivity contribution in [2.75, 3.05) is 0 Å². The summed E-state index contributed by atoms with van der Waals surface area (Å²) >= 11 is 0. The molecule has 4 aromatic heterocycles. The summed E-state index contributed by atoms with van der Waals surface area (Å²) in [7, 11) is 0. The number of benzene rings is 6. The number of nitrogens with zero attached hydrogens (tertiary/aromatic N) is 5. The Morgan fingerprint density at radius 3 is 1.31 bits per heavy atom. The van der Waals surface area contributed by atoms with Gasteiger partial charge < -0.3 is 4.42 Å². The Morgan fingerprint density at radius 1 is 0.378 bits per heavy atom. The highest BCUT2D eigenvalue weighted by Gasteiger charge is 2.22. The first-order chi connectivity index (χ1) is 22.3. The Hall–Kier alpha value is -6.27. The third kappa shape index (κ3) is 3.42. The summed E-state index contributed by atoms with van der Waals surface area (Å²) in [6.07, 6.45) is 0. The monoisotopic (exact) mass is 577 g/mol. The van der Waals surface area contributed by atoms with E-state index >= 15 is 0 Å². The molecule has 0 atom stereocenters. The second-order valence-electron chi connectivity index (χ2n) is 11.3. The maximum Gasteiger partial charge on any atom is 0.240 e. The molecule has 45 heavy (non-hydrogen) atoms. The number of rotatable bonds is 3. The quantitative estimate of drug-likeness (QED) is 0.210. The molecule has 0 saturated carbocycles. The molecule has 0 radical (unpaired) electrons. The second kappa shape index (κ2) is 9.11. The summed E-state index contributed by atoms with van der Waals surface area (Å²) in [5, 5.41) is 6.61. The van der Waals surface area contributed by atoms with Crippen LogP contribution >= 0.6 is 0 Å². The Kier molecular flexibility index (Phi) is 4.90. The molecule has 0 aliphatic carbocycles. The van der Waals surface area contributed by atoms with E-state index in [1.54, 1.807) is 0 Å². The standard InChI is InChI=1S/C39H23N5O/c1-6-18-30-24(12-1)25-13-2-7-19-31(25)43(30)38-40-37(29-17-11-23-35-36(29)28-16-5-10-22-34(28)45-35)41-39(42-38)44-32-20-8-3-14-26(32)27-15-4-9-21-33(27)44/h1-23H. The van der Waals surface area contributed by atoms with E-state index in [2.05, 4.69) is 118 Å². The van der Waals surface area contributed by atoms with Crippen molar-refractivity contribution < 1.29 is 4.42 Å². The zero-order chi connectivity index (χ0) is 29.5. The normalized spacial score (nSPS) is 12.0. The molecule has 10 rings (SSSR count). The zero-order valence-corrected chi connectivity index (χ0v) is 23.9. The van der Waals surface area contributed by atoms with Crippen molar-refractivity contribution in [3.63, 3.8) is 0 Å². The Labute approximate surface area is 256 Å². The summed E-state index contributed by atoms with van der Waals surface area (Å²) < 4.78 is 10.6. The average molecular weight is 578 g/mol. The molecule has 0 saturated heterocycles. The molecule has 0 N–H and O–H groups in total. The fraction of sp³-hybridized carbons (Fsp3) is 0. The number of furan rings is 1. The molecule has 210 valence electrons. The molecule has 0 unspecified atom stereocenters. The molecule has 10 aromatic rings. The van der Waals surface area contributed by atoms with Crippen LogP contribution in [0.15, 0.2) is 144 Å². The van der Waals surface area contributed by atoms with Crippen LogP contribution in [-0.4, -0.2) is 24.1 Å². The van der Waals surface area contributed by atoms with Crippen LogP contribution in [0.5, 0.6) is 0 Å². The number of para-hydroxylation sites is 5. The highest BCUT2D eigenvalue weighted by molar-refractivity contribution is 6.12.